The zero-order chi connectivity index (χ0) is 11.5. The second-order valence-electron chi connectivity index (χ2n) is 3.42. The molecular formula is C13H12O3. The van der Waals surface area contributed by atoms with Crippen LogP contribution in [-0.4, -0.2) is 12.9 Å². The number of ketones is 1. The van der Waals surface area contributed by atoms with Crippen molar-refractivity contribution >= 4 is 5.78 Å². The highest BCUT2D eigenvalue weighted by Crippen LogP contribution is 2.22. The van der Waals surface area contributed by atoms with Crippen LogP contribution in [-0.2, 0) is 0 Å². The zero-order valence-electron chi connectivity index (χ0n) is 9.19. The minimum Gasteiger partial charge on any atom is -0.496 e. The predicted octanol–water partition coefficient (Wildman–Crippen LogP) is 2.83. The standard InChI is InChI=1S/C13H12O3/c1-9-10(7-8-16-9)13(14)11-5-3-4-6-12(11)15-2/h3-8H,1-2H3. The molecule has 0 radical (unpaired) electrons. The highest BCUT2D eigenvalue weighted by atomic mass is 16.5. The average molecular weight is 216 g/mol. The Hall–Kier alpha value is -2.03. The summed E-state index contributed by atoms with van der Waals surface area (Å²) in [7, 11) is 1.55. The Morgan fingerprint density at radius 1 is 1.19 bits per heavy atom. The SMILES string of the molecule is COc1ccccc1C(=O)c1ccoc1C. The van der Waals surface area contributed by atoms with E-state index >= 15 is 0 Å². The lowest BCUT2D eigenvalue weighted by molar-refractivity contribution is 0.103. The van der Waals surface area contributed by atoms with Crippen molar-refractivity contribution in [2.24, 2.45) is 0 Å². The summed E-state index contributed by atoms with van der Waals surface area (Å²) in [5, 5.41) is 0. The number of carbonyl (C=O) groups is 1. The predicted molar refractivity (Wildman–Crippen MR) is 59.9 cm³/mol. The van der Waals surface area contributed by atoms with Crippen molar-refractivity contribution < 1.29 is 13.9 Å². The number of para-hydroxylation sites is 1. The third-order valence-corrected chi connectivity index (χ3v) is 2.46. The molecule has 1 aromatic carbocycles. The zero-order valence-corrected chi connectivity index (χ0v) is 9.19. The van der Waals surface area contributed by atoms with Crippen molar-refractivity contribution in [3.8, 4) is 5.75 Å². The summed E-state index contributed by atoms with van der Waals surface area (Å²) in [6, 6.07) is 8.82. The molecule has 3 nitrogen and oxygen atoms in total. The summed E-state index contributed by atoms with van der Waals surface area (Å²) in [5.41, 5.74) is 1.12. The Morgan fingerprint density at radius 2 is 1.94 bits per heavy atom. The normalized spacial score (nSPS) is 10.1. The third kappa shape index (κ3) is 1.72. The number of ether oxygens (including phenoxy) is 1. The fourth-order valence-electron chi connectivity index (χ4n) is 1.60. The Labute approximate surface area is 93.7 Å². The lowest BCUT2D eigenvalue weighted by atomic mass is 10.0. The van der Waals surface area contributed by atoms with E-state index in [4.69, 9.17) is 9.15 Å². The number of benzene rings is 1. The molecule has 0 saturated carbocycles. The molecule has 1 aromatic heterocycles. The largest absolute Gasteiger partial charge is 0.496 e. The van der Waals surface area contributed by atoms with Gasteiger partial charge in [-0.05, 0) is 25.1 Å². The fourth-order valence-corrected chi connectivity index (χ4v) is 1.60. The summed E-state index contributed by atoms with van der Waals surface area (Å²) in [6.45, 7) is 1.77. The van der Waals surface area contributed by atoms with E-state index in [1.54, 1.807) is 32.2 Å². The van der Waals surface area contributed by atoms with Gasteiger partial charge in [0.25, 0.3) is 0 Å². The van der Waals surface area contributed by atoms with E-state index in [1.165, 1.54) is 6.26 Å². The monoisotopic (exact) mass is 216 g/mol. The fraction of sp³-hybridized carbons (Fsp3) is 0.154. The van der Waals surface area contributed by atoms with Crippen LogP contribution >= 0.6 is 0 Å². The van der Waals surface area contributed by atoms with E-state index < -0.39 is 0 Å². The molecule has 0 unspecified atom stereocenters. The highest BCUT2D eigenvalue weighted by Gasteiger charge is 2.17. The van der Waals surface area contributed by atoms with Gasteiger partial charge in [-0.1, -0.05) is 12.1 Å². The molecule has 0 aliphatic heterocycles. The molecular weight excluding hydrogens is 204 g/mol. The number of furan rings is 1. The van der Waals surface area contributed by atoms with Crippen LogP contribution in [0.1, 0.15) is 21.7 Å². The van der Waals surface area contributed by atoms with Crippen LogP contribution in [0.3, 0.4) is 0 Å². The molecule has 82 valence electrons. The summed E-state index contributed by atoms with van der Waals surface area (Å²) >= 11 is 0. The van der Waals surface area contributed by atoms with Crippen LogP contribution in [0.5, 0.6) is 5.75 Å². The summed E-state index contributed by atoms with van der Waals surface area (Å²) in [4.78, 5) is 12.2. The first kappa shape index (κ1) is 10.5. The van der Waals surface area contributed by atoms with E-state index in [1.807, 2.05) is 12.1 Å². The van der Waals surface area contributed by atoms with Crippen LogP contribution in [0.25, 0.3) is 0 Å². The van der Waals surface area contributed by atoms with Gasteiger partial charge in [-0.15, -0.1) is 0 Å². The molecule has 0 saturated heterocycles. The van der Waals surface area contributed by atoms with Gasteiger partial charge in [0.1, 0.15) is 11.5 Å². The molecule has 0 bridgehead atoms. The van der Waals surface area contributed by atoms with Crippen LogP contribution in [0.15, 0.2) is 41.0 Å². The Balaban J connectivity index is 2.46. The van der Waals surface area contributed by atoms with Crippen LogP contribution < -0.4 is 4.74 Å². The molecule has 16 heavy (non-hydrogen) atoms. The van der Waals surface area contributed by atoms with Gasteiger partial charge in [-0.25, -0.2) is 0 Å². The number of rotatable bonds is 3. The Morgan fingerprint density at radius 3 is 2.56 bits per heavy atom. The second-order valence-corrected chi connectivity index (χ2v) is 3.42. The molecule has 0 N–H and O–H groups in total. The maximum absolute atomic E-state index is 12.2. The number of methoxy groups -OCH3 is 1. The van der Waals surface area contributed by atoms with Crippen molar-refractivity contribution in [1.82, 2.24) is 0 Å². The molecule has 0 atom stereocenters. The molecule has 0 fully saturated rings. The lowest BCUT2D eigenvalue weighted by Crippen LogP contribution is -2.03. The molecule has 0 aliphatic carbocycles. The van der Waals surface area contributed by atoms with Crippen LogP contribution in [0.4, 0.5) is 0 Å². The average Bonchev–Trinajstić information content (AvgIpc) is 2.74. The molecule has 2 rings (SSSR count). The van der Waals surface area contributed by atoms with E-state index in [0.29, 0.717) is 22.6 Å². The highest BCUT2D eigenvalue weighted by molar-refractivity contribution is 6.11. The summed E-state index contributed by atoms with van der Waals surface area (Å²) in [5.74, 6) is 1.12. The minimum absolute atomic E-state index is 0.0799. The van der Waals surface area contributed by atoms with Crippen molar-refractivity contribution in [3.63, 3.8) is 0 Å². The first-order valence-corrected chi connectivity index (χ1v) is 4.96. The molecule has 0 spiro atoms. The number of aryl methyl sites for hydroxylation is 1. The quantitative estimate of drug-likeness (QED) is 0.740. The van der Waals surface area contributed by atoms with E-state index in [-0.39, 0.29) is 5.78 Å². The number of hydrogen-bond acceptors (Lipinski definition) is 3. The van der Waals surface area contributed by atoms with E-state index in [9.17, 15) is 4.79 Å². The maximum Gasteiger partial charge on any atom is 0.200 e. The van der Waals surface area contributed by atoms with Gasteiger partial charge in [-0.2, -0.15) is 0 Å². The molecule has 3 heteroatoms. The van der Waals surface area contributed by atoms with Gasteiger partial charge in [0.2, 0.25) is 0 Å². The Bertz CT molecular complexity index is 511. The lowest BCUT2D eigenvalue weighted by Gasteiger charge is -2.06. The summed E-state index contributed by atoms with van der Waals surface area (Å²) in [6.07, 6.45) is 1.51. The van der Waals surface area contributed by atoms with Crippen LogP contribution in [0.2, 0.25) is 0 Å². The van der Waals surface area contributed by atoms with Gasteiger partial charge in [0, 0.05) is 0 Å². The van der Waals surface area contributed by atoms with Gasteiger partial charge in [0.15, 0.2) is 5.78 Å². The molecule has 0 amide bonds. The maximum atomic E-state index is 12.2. The van der Waals surface area contributed by atoms with Gasteiger partial charge < -0.3 is 9.15 Å². The smallest absolute Gasteiger partial charge is 0.200 e. The second kappa shape index (κ2) is 4.23. The van der Waals surface area contributed by atoms with Crippen molar-refractivity contribution in [2.75, 3.05) is 7.11 Å². The molecule has 1 heterocycles. The van der Waals surface area contributed by atoms with Gasteiger partial charge >= 0.3 is 0 Å². The van der Waals surface area contributed by atoms with Crippen molar-refractivity contribution in [2.45, 2.75) is 6.92 Å². The van der Waals surface area contributed by atoms with Crippen molar-refractivity contribution in [3.05, 3.63) is 53.5 Å². The first-order chi connectivity index (χ1) is 7.74. The number of carbonyl (C=O) groups excluding carboxylic acids is 1. The Kier molecular flexibility index (Phi) is 2.77. The topological polar surface area (TPSA) is 39.4 Å². The van der Waals surface area contributed by atoms with E-state index in [2.05, 4.69) is 0 Å². The van der Waals surface area contributed by atoms with Gasteiger partial charge in [0.05, 0.1) is 24.5 Å². The first-order valence-electron chi connectivity index (χ1n) is 4.96. The van der Waals surface area contributed by atoms with Crippen molar-refractivity contribution in [1.29, 1.82) is 0 Å². The van der Waals surface area contributed by atoms with Gasteiger partial charge in [-0.3, -0.25) is 4.79 Å². The number of hydrogen-bond donors (Lipinski definition) is 0. The summed E-state index contributed by atoms with van der Waals surface area (Å²) < 4.78 is 10.3. The molecule has 0 aliphatic rings. The van der Waals surface area contributed by atoms with E-state index in [0.717, 1.165) is 0 Å². The van der Waals surface area contributed by atoms with Crippen LogP contribution in [0, 0.1) is 6.92 Å². The third-order valence-electron chi connectivity index (χ3n) is 2.46. The molecule has 2 aromatic rings. The minimum atomic E-state index is -0.0799.